The highest BCUT2D eigenvalue weighted by Crippen LogP contribution is 2.41. The minimum Gasteiger partial charge on any atom is -0.160 e. The Morgan fingerprint density at radius 2 is 2.00 bits per heavy atom. The van der Waals surface area contributed by atoms with Gasteiger partial charge in [0.25, 0.3) is 0 Å². The maximum Gasteiger partial charge on any atom is 0.446 e. The standard InChI is InChI=1S/C11H10F3S/c12-11(13,14)15-10-7-3-5-8-4-1-2-6-9(8)10/h3,5-7H,1-2,4H2. The van der Waals surface area contributed by atoms with Crippen LogP contribution in [0.25, 0.3) is 0 Å². The normalized spacial score (nSPS) is 16.2. The van der Waals surface area contributed by atoms with E-state index < -0.39 is 5.51 Å². The van der Waals surface area contributed by atoms with Crippen molar-refractivity contribution in [2.75, 3.05) is 0 Å². The Balaban J connectivity index is 2.31. The second-order valence-corrected chi connectivity index (χ2v) is 4.58. The zero-order valence-corrected chi connectivity index (χ0v) is 8.79. The molecule has 0 atom stereocenters. The molecule has 0 unspecified atom stereocenters. The van der Waals surface area contributed by atoms with Gasteiger partial charge in [-0.3, -0.25) is 0 Å². The molecule has 0 spiro atoms. The molecule has 0 heterocycles. The lowest BCUT2D eigenvalue weighted by Gasteiger charge is -2.19. The molecule has 15 heavy (non-hydrogen) atoms. The van der Waals surface area contributed by atoms with Crippen LogP contribution >= 0.6 is 11.8 Å². The fourth-order valence-corrected chi connectivity index (χ4v) is 2.51. The third-order valence-electron chi connectivity index (χ3n) is 2.38. The Morgan fingerprint density at radius 1 is 1.20 bits per heavy atom. The molecular formula is C11H10F3S. The number of hydrogen-bond donors (Lipinski definition) is 0. The van der Waals surface area contributed by atoms with Gasteiger partial charge in [-0.1, -0.05) is 12.1 Å². The zero-order chi connectivity index (χ0) is 10.9. The van der Waals surface area contributed by atoms with E-state index in [1.165, 1.54) is 0 Å². The van der Waals surface area contributed by atoms with Crippen LogP contribution in [-0.2, 0) is 6.42 Å². The molecule has 81 valence electrons. The maximum absolute atomic E-state index is 12.3. The number of aryl methyl sites for hydroxylation is 1. The molecule has 4 heteroatoms. The van der Waals surface area contributed by atoms with Gasteiger partial charge in [0, 0.05) is 4.90 Å². The van der Waals surface area contributed by atoms with Crippen LogP contribution in [0.5, 0.6) is 0 Å². The molecule has 1 aliphatic carbocycles. The molecule has 0 bridgehead atoms. The van der Waals surface area contributed by atoms with Crippen LogP contribution in [0.2, 0.25) is 0 Å². The quantitative estimate of drug-likeness (QED) is 0.653. The molecule has 1 aromatic carbocycles. The average Bonchev–Trinajstić information content (AvgIpc) is 2.16. The van der Waals surface area contributed by atoms with Gasteiger partial charge in [0.05, 0.1) is 0 Å². The summed E-state index contributed by atoms with van der Waals surface area (Å²) in [6.45, 7) is 0. The highest BCUT2D eigenvalue weighted by molar-refractivity contribution is 8.00. The van der Waals surface area contributed by atoms with Crippen molar-refractivity contribution in [3.05, 3.63) is 35.7 Å². The molecule has 1 radical (unpaired) electrons. The fraction of sp³-hybridized carbons (Fsp3) is 0.364. The first-order valence-corrected chi connectivity index (χ1v) is 5.59. The number of thioether (sulfide) groups is 1. The first kappa shape index (κ1) is 10.9. The van der Waals surface area contributed by atoms with Crippen LogP contribution in [0.15, 0.2) is 23.1 Å². The summed E-state index contributed by atoms with van der Waals surface area (Å²) in [5, 5.41) is 0. The number of rotatable bonds is 1. The van der Waals surface area contributed by atoms with Crippen LogP contribution in [0.1, 0.15) is 24.0 Å². The van der Waals surface area contributed by atoms with Crippen LogP contribution in [0.4, 0.5) is 13.2 Å². The first-order valence-electron chi connectivity index (χ1n) is 4.77. The topological polar surface area (TPSA) is 0 Å². The van der Waals surface area contributed by atoms with E-state index in [2.05, 4.69) is 0 Å². The largest absolute Gasteiger partial charge is 0.446 e. The molecule has 0 nitrogen and oxygen atoms in total. The van der Waals surface area contributed by atoms with Gasteiger partial charge < -0.3 is 0 Å². The minimum absolute atomic E-state index is 0.0159. The van der Waals surface area contributed by atoms with E-state index in [9.17, 15) is 13.2 Å². The third-order valence-corrected chi connectivity index (χ3v) is 3.19. The number of alkyl halides is 3. The Morgan fingerprint density at radius 3 is 2.73 bits per heavy atom. The van der Waals surface area contributed by atoms with Gasteiger partial charge in [0.15, 0.2) is 0 Å². The molecule has 1 aromatic rings. The van der Waals surface area contributed by atoms with Crippen molar-refractivity contribution in [3.8, 4) is 0 Å². The molecule has 0 saturated heterocycles. The predicted molar refractivity (Wildman–Crippen MR) is 54.7 cm³/mol. The van der Waals surface area contributed by atoms with E-state index in [0.717, 1.165) is 30.4 Å². The van der Waals surface area contributed by atoms with Gasteiger partial charge in [0.1, 0.15) is 0 Å². The SMILES string of the molecule is FC(F)(F)Sc1cccc2c1[CH]CCC2. The van der Waals surface area contributed by atoms with Crippen LogP contribution in [0, 0.1) is 6.42 Å². The second kappa shape index (κ2) is 4.08. The van der Waals surface area contributed by atoms with E-state index in [0.29, 0.717) is 4.90 Å². The number of benzene rings is 1. The predicted octanol–water partition coefficient (Wildman–Crippen LogP) is 4.19. The lowest BCUT2D eigenvalue weighted by molar-refractivity contribution is -0.0328. The Labute approximate surface area is 90.9 Å². The molecule has 0 N–H and O–H groups in total. The molecule has 0 aliphatic heterocycles. The zero-order valence-electron chi connectivity index (χ0n) is 7.97. The summed E-state index contributed by atoms with van der Waals surface area (Å²) < 4.78 is 36.8. The molecule has 1 aliphatic rings. The van der Waals surface area contributed by atoms with Crippen molar-refractivity contribution in [1.29, 1.82) is 0 Å². The Bertz CT molecular complexity index is 357. The lowest BCUT2D eigenvalue weighted by Crippen LogP contribution is -2.05. The Kier molecular flexibility index (Phi) is 2.96. The summed E-state index contributed by atoms with van der Waals surface area (Å²) in [7, 11) is 0. The van der Waals surface area contributed by atoms with Gasteiger partial charge in [0.2, 0.25) is 0 Å². The van der Waals surface area contributed by atoms with Crippen molar-refractivity contribution in [2.45, 2.75) is 29.7 Å². The average molecular weight is 231 g/mol. The van der Waals surface area contributed by atoms with E-state index in [1.807, 2.05) is 12.5 Å². The highest BCUT2D eigenvalue weighted by atomic mass is 32.2. The molecule has 0 aromatic heterocycles. The number of fused-ring (bicyclic) bond motifs is 1. The van der Waals surface area contributed by atoms with E-state index in [-0.39, 0.29) is 11.8 Å². The van der Waals surface area contributed by atoms with Crippen molar-refractivity contribution in [1.82, 2.24) is 0 Å². The van der Waals surface area contributed by atoms with Crippen molar-refractivity contribution >= 4 is 11.8 Å². The Hall–Kier alpha value is -0.640. The smallest absolute Gasteiger partial charge is 0.160 e. The molecule has 0 fully saturated rings. The van der Waals surface area contributed by atoms with Crippen molar-refractivity contribution in [3.63, 3.8) is 0 Å². The minimum atomic E-state index is -4.19. The summed E-state index contributed by atoms with van der Waals surface area (Å²) in [5.41, 5.74) is -2.37. The van der Waals surface area contributed by atoms with Gasteiger partial charge in [-0.25, -0.2) is 0 Å². The van der Waals surface area contributed by atoms with Gasteiger partial charge in [-0.15, -0.1) is 0 Å². The molecule has 2 rings (SSSR count). The summed E-state index contributed by atoms with van der Waals surface area (Å²) >= 11 is -0.0159. The van der Waals surface area contributed by atoms with Crippen molar-refractivity contribution < 1.29 is 13.2 Å². The van der Waals surface area contributed by atoms with E-state index in [1.54, 1.807) is 12.1 Å². The van der Waals surface area contributed by atoms with Crippen LogP contribution in [0.3, 0.4) is 0 Å². The second-order valence-electron chi connectivity index (χ2n) is 3.47. The summed E-state index contributed by atoms with van der Waals surface area (Å²) in [4.78, 5) is 0.333. The van der Waals surface area contributed by atoms with Gasteiger partial charge in [-0.2, -0.15) is 13.2 Å². The summed E-state index contributed by atoms with van der Waals surface area (Å²) in [6.07, 6.45) is 4.71. The summed E-state index contributed by atoms with van der Waals surface area (Å²) in [5.74, 6) is 0. The van der Waals surface area contributed by atoms with E-state index >= 15 is 0 Å². The van der Waals surface area contributed by atoms with Crippen LogP contribution < -0.4 is 0 Å². The first-order chi connectivity index (χ1) is 7.06. The number of halogens is 3. The summed E-state index contributed by atoms with van der Waals surface area (Å²) in [6, 6.07) is 5.15. The maximum atomic E-state index is 12.3. The van der Waals surface area contributed by atoms with Crippen LogP contribution in [-0.4, -0.2) is 5.51 Å². The molecular weight excluding hydrogens is 221 g/mol. The van der Waals surface area contributed by atoms with Gasteiger partial charge >= 0.3 is 5.51 Å². The molecule has 0 amide bonds. The number of hydrogen-bond acceptors (Lipinski definition) is 1. The third kappa shape index (κ3) is 2.68. The molecule has 0 saturated carbocycles. The fourth-order valence-electron chi connectivity index (χ4n) is 1.79. The van der Waals surface area contributed by atoms with Crippen molar-refractivity contribution in [2.24, 2.45) is 0 Å². The lowest BCUT2D eigenvalue weighted by atomic mass is 9.92. The van der Waals surface area contributed by atoms with E-state index in [4.69, 9.17) is 0 Å². The monoisotopic (exact) mass is 231 g/mol. The highest BCUT2D eigenvalue weighted by Gasteiger charge is 2.31. The van der Waals surface area contributed by atoms with Gasteiger partial charge in [-0.05, 0) is 54.6 Å².